The molecule has 0 spiro atoms. The predicted molar refractivity (Wildman–Crippen MR) is 76.7 cm³/mol. The number of benzene rings is 1. The third-order valence-electron chi connectivity index (χ3n) is 3.46. The van der Waals surface area contributed by atoms with Gasteiger partial charge in [0.05, 0.1) is 0 Å². The molecule has 1 aromatic carbocycles. The summed E-state index contributed by atoms with van der Waals surface area (Å²) in [5.41, 5.74) is 5.85. The highest BCUT2D eigenvalue weighted by atomic mass is 14.8. The van der Waals surface area contributed by atoms with Gasteiger partial charge in [-0.3, -0.25) is 0 Å². The van der Waals surface area contributed by atoms with E-state index in [1.807, 2.05) is 0 Å². The first-order valence-electron chi connectivity index (χ1n) is 6.82. The van der Waals surface area contributed by atoms with Crippen molar-refractivity contribution in [1.29, 1.82) is 0 Å². The van der Waals surface area contributed by atoms with Crippen molar-refractivity contribution in [2.24, 2.45) is 5.92 Å². The quantitative estimate of drug-likeness (QED) is 0.737. The Kier molecular flexibility index (Phi) is 5.70. The zero-order chi connectivity index (χ0) is 12.8. The highest BCUT2D eigenvalue weighted by molar-refractivity contribution is 5.37. The first-order chi connectivity index (χ1) is 8.04. The van der Waals surface area contributed by atoms with Crippen LogP contribution < -0.4 is 5.32 Å². The summed E-state index contributed by atoms with van der Waals surface area (Å²) in [4.78, 5) is 0. The van der Waals surface area contributed by atoms with Gasteiger partial charge in [0.25, 0.3) is 0 Å². The number of hydrogen-bond acceptors (Lipinski definition) is 1. The minimum atomic E-state index is 0.758. The molecule has 0 amide bonds. The van der Waals surface area contributed by atoms with E-state index in [0.29, 0.717) is 0 Å². The second-order valence-electron chi connectivity index (χ2n) is 5.33. The van der Waals surface area contributed by atoms with Crippen LogP contribution in [0.1, 0.15) is 42.5 Å². The van der Waals surface area contributed by atoms with E-state index >= 15 is 0 Å². The van der Waals surface area contributed by atoms with Crippen LogP contribution in [0, 0.1) is 26.7 Å². The standard InChI is InChI=1S/C16H27N/c1-6-17-8-7-12(2)11-16-14(4)9-13(3)10-15(16)5/h9-10,12,17H,6-8,11H2,1-5H3. The summed E-state index contributed by atoms with van der Waals surface area (Å²) >= 11 is 0. The van der Waals surface area contributed by atoms with Crippen LogP contribution in [0.5, 0.6) is 0 Å². The van der Waals surface area contributed by atoms with Crippen molar-refractivity contribution in [3.8, 4) is 0 Å². The highest BCUT2D eigenvalue weighted by Crippen LogP contribution is 2.21. The molecule has 0 radical (unpaired) electrons. The zero-order valence-electron chi connectivity index (χ0n) is 12.1. The average Bonchev–Trinajstić information content (AvgIpc) is 2.24. The Hall–Kier alpha value is -0.820. The van der Waals surface area contributed by atoms with Gasteiger partial charge >= 0.3 is 0 Å². The monoisotopic (exact) mass is 233 g/mol. The Labute approximate surface area is 107 Å². The smallest absolute Gasteiger partial charge is 0.00464 e. The molecule has 0 saturated heterocycles. The molecule has 1 rings (SSSR count). The van der Waals surface area contributed by atoms with Gasteiger partial charge in [0.15, 0.2) is 0 Å². The van der Waals surface area contributed by atoms with Gasteiger partial charge in [-0.25, -0.2) is 0 Å². The molecule has 0 heterocycles. The summed E-state index contributed by atoms with van der Waals surface area (Å²) in [5.74, 6) is 0.758. The number of nitrogens with one attached hydrogen (secondary N) is 1. The normalized spacial score (nSPS) is 12.8. The Balaban J connectivity index is 2.61. The molecule has 0 aliphatic carbocycles. The molecule has 0 aliphatic rings. The number of aryl methyl sites for hydroxylation is 3. The third kappa shape index (κ3) is 4.51. The molecule has 0 bridgehead atoms. The lowest BCUT2D eigenvalue weighted by Crippen LogP contribution is -2.17. The fraction of sp³-hybridized carbons (Fsp3) is 0.625. The van der Waals surface area contributed by atoms with Crippen molar-refractivity contribution in [3.63, 3.8) is 0 Å². The van der Waals surface area contributed by atoms with Crippen LogP contribution in [0.15, 0.2) is 12.1 Å². The van der Waals surface area contributed by atoms with Crippen molar-refractivity contribution in [1.82, 2.24) is 5.32 Å². The van der Waals surface area contributed by atoms with Gasteiger partial charge in [-0.15, -0.1) is 0 Å². The summed E-state index contributed by atoms with van der Waals surface area (Å²) in [6, 6.07) is 4.61. The van der Waals surface area contributed by atoms with E-state index in [1.54, 1.807) is 5.56 Å². The number of hydrogen-bond donors (Lipinski definition) is 1. The van der Waals surface area contributed by atoms with Crippen molar-refractivity contribution in [2.45, 2.75) is 47.5 Å². The first kappa shape index (κ1) is 14.2. The van der Waals surface area contributed by atoms with Gasteiger partial charge in [-0.05, 0) is 69.3 Å². The van der Waals surface area contributed by atoms with Gasteiger partial charge < -0.3 is 5.32 Å². The summed E-state index contributed by atoms with van der Waals surface area (Å²) in [7, 11) is 0. The molecule has 96 valence electrons. The Morgan fingerprint density at radius 3 is 2.24 bits per heavy atom. The van der Waals surface area contributed by atoms with E-state index in [2.05, 4.69) is 52.1 Å². The van der Waals surface area contributed by atoms with E-state index in [-0.39, 0.29) is 0 Å². The van der Waals surface area contributed by atoms with Gasteiger partial charge in [-0.1, -0.05) is 31.5 Å². The van der Waals surface area contributed by atoms with Crippen LogP contribution >= 0.6 is 0 Å². The molecule has 1 aromatic rings. The molecular formula is C16H27N. The first-order valence-corrected chi connectivity index (χ1v) is 6.82. The lowest BCUT2D eigenvalue weighted by Gasteiger charge is -2.16. The largest absolute Gasteiger partial charge is 0.317 e. The lowest BCUT2D eigenvalue weighted by atomic mass is 9.91. The molecule has 1 nitrogen and oxygen atoms in total. The van der Waals surface area contributed by atoms with E-state index in [9.17, 15) is 0 Å². The van der Waals surface area contributed by atoms with E-state index in [1.165, 1.54) is 29.5 Å². The molecular weight excluding hydrogens is 206 g/mol. The van der Waals surface area contributed by atoms with Gasteiger partial charge in [0.2, 0.25) is 0 Å². The fourth-order valence-electron chi connectivity index (χ4n) is 2.51. The minimum absolute atomic E-state index is 0.758. The van der Waals surface area contributed by atoms with Crippen LogP contribution in [0.3, 0.4) is 0 Å². The zero-order valence-corrected chi connectivity index (χ0v) is 12.1. The van der Waals surface area contributed by atoms with E-state index in [0.717, 1.165) is 19.0 Å². The summed E-state index contributed by atoms with van der Waals surface area (Å²) in [5, 5.41) is 3.40. The maximum absolute atomic E-state index is 3.40. The SMILES string of the molecule is CCNCCC(C)Cc1c(C)cc(C)cc1C. The van der Waals surface area contributed by atoms with E-state index < -0.39 is 0 Å². The van der Waals surface area contributed by atoms with Crippen LogP contribution in [-0.2, 0) is 6.42 Å². The topological polar surface area (TPSA) is 12.0 Å². The predicted octanol–water partition coefficient (Wildman–Crippen LogP) is 3.79. The minimum Gasteiger partial charge on any atom is -0.317 e. The van der Waals surface area contributed by atoms with Gasteiger partial charge in [0, 0.05) is 0 Å². The van der Waals surface area contributed by atoms with E-state index in [4.69, 9.17) is 0 Å². The molecule has 1 heteroatoms. The molecule has 0 fully saturated rings. The summed E-state index contributed by atoms with van der Waals surface area (Å²) in [6.45, 7) is 13.4. The van der Waals surface area contributed by atoms with Crippen molar-refractivity contribution >= 4 is 0 Å². The second kappa shape index (κ2) is 6.80. The summed E-state index contributed by atoms with van der Waals surface area (Å²) < 4.78 is 0. The maximum atomic E-state index is 3.40. The van der Waals surface area contributed by atoms with Crippen molar-refractivity contribution in [2.75, 3.05) is 13.1 Å². The third-order valence-corrected chi connectivity index (χ3v) is 3.46. The van der Waals surface area contributed by atoms with Crippen LogP contribution in [-0.4, -0.2) is 13.1 Å². The summed E-state index contributed by atoms with van der Waals surface area (Å²) in [6.07, 6.45) is 2.48. The molecule has 0 aliphatic heterocycles. The maximum Gasteiger partial charge on any atom is -0.00464 e. The van der Waals surface area contributed by atoms with Gasteiger partial charge in [-0.2, -0.15) is 0 Å². The Bertz CT molecular complexity index is 332. The van der Waals surface area contributed by atoms with Crippen molar-refractivity contribution < 1.29 is 0 Å². The molecule has 0 aromatic heterocycles. The molecule has 1 unspecified atom stereocenters. The van der Waals surface area contributed by atoms with Crippen LogP contribution in [0.25, 0.3) is 0 Å². The van der Waals surface area contributed by atoms with Crippen molar-refractivity contribution in [3.05, 3.63) is 34.4 Å². The van der Waals surface area contributed by atoms with Gasteiger partial charge in [0.1, 0.15) is 0 Å². The Morgan fingerprint density at radius 1 is 1.12 bits per heavy atom. The Morgan fingerprint density at radius 2 is 1.71 bits per heavy atom. The molecule has 1 atom stereocenters. The van der Waals surface area contributed by atoms with Crippen LogP contribution in [0.4, 0.5) is 0 Å². The average molecular weight is 233 g/mol. The lowest BCUT2D eigenvalue weighted by molar-refractivity contribution is 0.502. The highest BCUT2D eigenvalue weighted by Gasteiger charge is 2.08. The fourth-order valence-corrected chi connectivity index (χ4v) is 2.51. The molecule has 0 saturated carbocycles. The number of rotatable bonds is 6. The molecule has 1 N–H and O–H groups in total. The van der Waals surface area contributed by atoms with Crippen LogP contribution in [0.2, 0.25) is 0 Å². The second-order valence-corrected chi connectivity index (χ2v) is 5.33. The molecule has 17 heavy (non-hydrogen) atoms.